The molecule has 0 aliphatic carbocycles. The van der Waals surface area contributed by atoms with Crippen molar-refractivity contribution in [2.24, 2.45) is 0 Å². The molecule has 0 saturated heterocycles. The Morgan fingerprint density at radius 2 is 2.03 bits per heavy atom. The highest BCUT2D eigenvalue weighted by atomic mass is 35.5. The molecule has 29 heavy (non-hydrogen) atoms. The molecule has 0 saturated carbocycles. The molecule has 8 nitrogen and oxygen atoms in total. The van der Waals surface area contributed by atoms with E-state index >= 15 is 0 Å². The van der Waals surface area contributed by atoms with Gasteiger partial charge in [-0.1, -0.05) is 17.7 Å². The Hall–Kier alpha value is -2.84. The molecule has 2 rings (SSSR count). The van der Waals surface area contributed by atoms with Gasteiger partial charge >= 0.3 is 0 Å². The lowest BCUT2D eigenvalue weighted by molar-refractivity contribution is -0.384. The van der Waals surface area contributed by atoms with Crippen molar-refractivity contribution < 1.29 is 19.2 Å². The minimum absolute atomic E-state index is 0.148. The fourth-order valence-corrected chi connectivity index (χ4v) is 2.80. The molecule has 0 fully saturated rings. The molecule has 1 N–H and O–H groups in total. The predicted molar refractivity (Wildman–Crippen MR) is 112 cm³/mol. The van der Waals surface area contributed by atoms with E-state index in [0.717, 1.165) is 0 Å². The van der Waals surface area contributed by atoms with Crippen LogP contribution in [0.25, 0.3) is 0 Å². The maximum Gasteiger partial charge on any atom is 0.293 e. The number of nitrogens with one attached hydrogen (secondary N) is 1. The number of nitro groups is 1. The van der Waals surface area contributed by atoms with Gasteiger partial charge in [-0.3, -0.25) is 14.9 Å². The number of carbonyl (C=O) groups excluding carboxylic acids is 1. The van der Waals surface area contributed by atoms with Crippen LogP contribution in [-0.2, 0) is 4.74 Å². The molecule has 1 amide bonds. The molecular weight excluding hydrogens is 398 g/mol. The Morgan fingerprint density at radius 1 is 1.24 bits per heavy atom. The second kappa shape index (κ2) is 11.2. The van der Waals surface area contributed by atoms with Crippen LogP contribution in [0.1, 0.15) is 16.8 Å². The number of nitrogens with zero attached hydrogens (tertiary/aromatic N) is 2. The molecule has 0 aliphatic heterocycles. The standard InChI is InChI=1S/C20H24ClN3O5/c1-23(10-4-11-29-17-6-3-5-16(21)14-17)20(25)15-7-8-18(22-9-12-28-2)19(13-15)24(26)27/h3,5-8,13-14,22H,4,9-12H2,1-2H3. The van der Waals surface area contributed by atoms with Crippen molar-refractivity contribution in [2.45, 2.75) is 6.42 Å². The Kier molecular flexibility index (Phi) is 8.69. The lowest BCUT2D eigenvalue weighted by atomic mass is 10.1. The topological polar surface area (TPSA) is 93.9 Å². The second-order valence-corrected chi connectivity index (χ2v) is 6.73. The summed E-state index contributed by atoms with van der Waals surface area (Å²) in [7, 11) is 3.20. The Balaban J connectivity index is 1.92. The summed E-state index contributed by atoms with van der Waals surface area (Å²) in [4.78, 5) is 25.0. The number of benzene rings is 2. The summed E-state index contributed by atoms with van der Waals surface area (Å²) in [5.74, 6) is 0.373. The number of methoxy groups -OCH3 is 1. The van der Waals surface area contributed by atoms with Crippen molar-refractivity contribution in [3.8, 4) is 5.75 Å². The minimum Gasteiger partial charge on any atom is -0.493 e. The van der Waals surface area contributed by atoms with Gasteiger partial charge in [-0.15, -0.1) is 0 Å². The van der Waals surface area contributed by atoms with Gasteiger partial charge in [-0.2, -0.15) is 0 Å². The first-order valence-corrected chi connectivity index (χ1v) is 9.45. The molecule has 0 aromatic heterocycles. The van der Waals surface area contributed by atoms with E-state index in [1.54, 1.807) is 38.4 Å². The van der Waals surface area contributed by atoms with Gasteiger partial charge in [0.05, 0.1) is 18.1 Å². The molecule has 156 valence electrons. The summed E-state index contributed by atoms with van der Waals surface area (Å²) in [6.07, 6.45) is 0.605. The predicted octanol–water partition coefficient (Wildman–Crippen LogP) is 3.85. The van der Waals surface area contributed by atoms with Gasteiger partial charge < -0.3 is 19.7 Å². The number of rotatable bonds is 11. The lowest BCUT2D eigenvalue weighted by Crippen LogP contribution is -2.28. The fourth-order valence-electron chi connectivity index (χ4n) is 2.62. The number of carbonyl (C=O) groups is 1. The van der Waals surface area contributed by atoms with Crippen LogP contribution in [0.3, 0.4) is 0 Å². The third-order valence-corrected chi connectivity index (χ3v) is 4.35. The largest absolute Gasteiger partial charge is 0.493 e. The highest BCUT2D eigenvalue weighted by molar-refractivity contribution is 6.30. The van der Waals surface area contributed by atoms with E-state index < -0.39 is 4.92 Å². The smallest absolute Gasteiger partial charge is 0.293 e. The van der Waals surface area contributed by atoms with Crippen LogP contribution >= 0.6 is 11.6 Å². The number of halogens is 1. The van der Waals surface area contributed by atoms with Crippen LogP contribution in [0.2, 0.25) is 5.02 Å². The number of nitro benzene ring substituents is 1. The summed E-state index contributed by atoms with van der Waals surface area (Å²) >= 11 is 5.91. The average Bonchev–Trinajstić information content (AvgIpc) is 2.70. The first-order chi connectivity index (χ1) is 13.9. The van der Waals surface area contributed by atoms with E-state index in [1.807, 2.05) is 6.07 Å². The van der Waals surface area contributed by atoms with E-state index in [9.17, 15) is 14.9 Å². The maximum absolute atomic E-state index is 12.6. The highest BCUT2D eigenvalue weighted by Crippen LogP contribution is 2.26. The van der Waals surface area contributed by atoms with Crippen LogP contribution in [-0.4, -0.2) is 56.2 Å². The number of ether oxygens (including phenoxy) is 2. The number of hydrogen-bond donors (Lipinski definition) is 1. The molecule has 0 bridgehead atoms. The molecule has 0 unspecified atom stereocenters. The Bertz CT molecular complexity index is 847. The Morgan fingerprint density at radius 3 is 2.72 bits per heavy atom. The molecular formula is C20H24ClN3O5. The van der Waals surface area contributed by atoms with Crippen LogP contribution in [0, 0.1) is 10.1 Å². The second-order valence-electron chi connectivity index (χ2n) is 6.29. The number of anilines is 1. The molecule has 0 radical (unpaired) electrons. The van der Waals surface area contributed by atoms with E-state index in [4.69, 9.17) is 21.1 Å². The molecule has 0 heterocycles. The number of hydrogen-bond acceptors (Lipinski definition) is 6. The zero-order valence-electron chi connectivity index (χ0n) is 16.4. The lowest BCUT2D eigenvalue weighted by Gasteiger charge is -2.18. The third-order valence-electron chi connectivity index (χ3n) is 4.11. The van der Waals surface area contributed by atoms with Crippen LogP contribution in [0.4, 0.5) is 11.4 Å². The van der Waals surface area contributed by atoms with Gasteiger partial charge in [0.15, 0.2) is 0 Å². The van der Waals surface area contributed by atoms with Crippen LogP contribution < -0.4 is 10.1 Å². The van der Waals surface area contributed by atoms with Crippen LogP contribution in [0.5, 0.6) is 5.75 Å². The highest BCUT2D eigenvalue weighted by Gasteiger charge is 2.19. The molecule has 2 aromatic rings. The molecule has 9 heteroatoms. The molecule has 2 aromatic carbocycles. The third kappa shape index (κ3) is 6.92. The van der Waals surface area contributed by atoms with E-state index in [0.29, 0.717) is 49.2 Å². The normalized spacial score (nSPS) is 10.4. The van der Waals surface area contributed by atoms with Crippen molar-refractivity contribution in [1.29, 1.82) is 0 Å². The molecule has 0 aliphatic rings. The minimum atomic E-state index is -0.509. The van der Waals surface area contributed by atoms with Gasteiger partial charge in [0, 0.05) is 43.9 Å². The summed E-state index contributed by atoms with van der Waals surface area (Å²) in [6, 6.07) is 11.5. The first kappa shape index (κ1) is 22.4. The van der Waals surface area contributed by atoms with E-state index in [1.165, 1.54) is 17.0 Å². The van der Waals surface area contributed by atoms with Crippen LogP contribution in [0.15, 0.2) is 42.5 Å². The number of amides is 1. The zero-order valence-corrected chi connectivity index (χ0v) is 17.1. The van der Waals surface area contributed by atoms with Gasteiger partial charge in [-0.25, -0.2) is 0 Å². The summed E-state index contributed by atoms with van der Waals surface area (Å²) in [5, 5.41) is 14.9. The van der Waals surface area contributed by atoms with Gasteiger partial charge in [0.25, 0.3) is 11.6 Å². The van der Waals surface area contributed by atoms with Crippen molar-refractivity contribution >= 4 is 28.9 Å². The van der Waals surface area contributed by atoms with E-state index in [-0.39, 0.29) is 17.2 Å². The van der Waals surface area contributed by atoms with Gasteiger partial charge in [0.1, 0.15) is 11.4 Å². The Labute approximate surface area is 174 Å². The van der Waals surface area contributed by atoms with Crippen molar-refractivity contribution in [3.63, 3.8) is 0 Å². The van der Waals surface area contributed by atoms with Gasteiger partial charge in [0.2, 0.25) is 0 Å². The van der Waals surface area contributed by atoms with Crippen molar-refractivity contribution in [3.05, 3.63) is 63.2 Å². The van der Waals surface area contributed by atoms with Crippen molar-refractivity contribution in [1.82, 2.24) is 4.90 Å². The van der Waals surface area contributed by atoms with Crippen molar-refractivity contribution in [2.75, 3.05) is 45.8 Å². The van der Waals surface area contributed by atoms with Gasteiger partial charge in [-0.05, 0) is 36.8 Å². The van der Waals surface area contributed by atoms with E-state index in [2.05, 4.69) is 5.32 Å². The monoisotopic (exact) mass is 421 g/mol. The fraction of sp³-hybridized carbons (Fsp3) is 0.350. The maximum atomic E-state index is 12.6. The summed E-state index contributed by atoms with van der Waals surface area (Å²) in [6.45, 7) is 1.70. The quantitative estimate of drug-likeness (QED) is 0.336. The SMILES string of the molecule is COCCNc1ccc(C(=O)N(C)CCCOc2cccc(Cl)c2)cc1[N+](=O)[O-]. The first-order valence-electron chi connectivity index (χ1n) is 9.07. The summed E-state index contributed by atoms with van der Waals surface area (Å²) in [5.41, 5.74) is 0.457. The average molecular weight is 422 g/mol. The molecule has 0 atom stereocenters. The summed E-state index contributed by atoms with van der Waals surface area (Å²) < 4.78 is 10.5. The zero-order chi connectivity index (χ0) is 21.2. The molecule has 0 spiro atoms.